The fraction of sp³-hybridized carbons (Fsp3) is 0.385. The molecular formula is C13H15BrClNO4. The minimum absolute atomic E-state index is 0.314. The molecule has 0 aliphatic rings. The largest absolute Gasteiger partial charge is 0.480 e. The molecule has 0 aromatic heterocycles. The fourth-order valence-electron chi connectivity index (χ4n) is 1.33. The van der Waals surface area contributed by atoms with Crippen molar-refractivity contribution in [2.75, 3.05) is 13.2 Å². The number of hydrogen-bond donors (Lipinski definition) is 1. The van der Waals surface area contributed by atoms with Crippen LogP contribution in [-0.4, -0.2) is 31.1 Å². The number of nitrogens with one attached hydrogen (secondary N) is 1. The molecule has 1 atom stereocenters. The van der Waals surface area contributed by atoms with Crippen LogP contribution in [-0.2, 0) is 14.3 Å². The normalized spacial score (nSPS) is 11.6. The Labute approximate surface area is 130 Å². The molecule has 1 rings (SSSR count). The quantitative estimate of drug-likeness (QED) is 0.788. The summed E-state index contributed by atoms with van der Waals surface area (Å²) in [5.41, 5.74) is 0. The van der Waals surface area contributed by atoms with E-state index in [0.717, 1.165) is 4.47 Å². The van der Waals surface area contributed by atoms with Crippen LogP contribution in [0, 0.1) is 0 Å². The van der Waals surface area contributed by atoms with Gasteiger partial charge in [-0.15, -0.1) is 0 Å². The zero-order valence-electron chi connectivity index (χ0n) is 11.1. The van der Waals surface area contributed by atoms with E-state index >= 15 is 0 Å². The summed E-state index contributed by atoms with van der Waals surface area (Å²) in [6.07, 6.45) is -0.855. The van der Waals surface area contributed by atoms with Gasteiger partial charge >= 0.3 is 5.97 Å². The van der Waals surface area contributed by atoms with E-state index in [2.05, 4.69) is 21.2 Å². The molecule has 1 amide bonds. The van der Waals surface area contributed by atoms with E-state index in [1.807, 2.05) is 0 Å². The highest BCUT2D eigenvalue weighted by atomic mass is 79.9. The summed E-state index contributed by atoms with van der Waals surface area (Å²) in [7, 11) is 0. The molecule has 0 bridgehead atoms. The minimum atomic E-state index is -0.855. The van der Waals surface area contributed by atoms with Gasteiger partial charge < -0.3 is 14.8 Å². The molecule has 110 valence electrons. The molecule has 0 heterocycles. The predicted molar refractivity (Wildman–Crippen MR) is 78.9 cm³/mol. The van der Waals surface area contributed by atoms with Gasteiger partial charge in [-0.05, 0) is 32.0 Å². The van der Waals surface area contributed by atoms with Crippen LogP contribution in [0.2, 0.25) is 5.02 Å². The van der Waals surface area contributed by atoms with Gasteiger partial charge in [0.25, 0.3) is 5.91 Å². The number of ether oxygens (including phenoxy) is 2. The molecule has 0 spiro atoms. The van der Waals surface area contributed by atoms with Gasteiger partial charge in [-0.2, -0.15) is 0 Å². The molecular weight excluding hydrogens is 350 g/mol. The zero-order valence-corrected chi connectivity index (χ0v) is 13.5. The Kier molecular flexibility index (Phi) is 6.81. The highest BCUT2D eigenvalue weighted by Crippen LogP contribution is 2.27. The van der Waals surface area contributed by atoms with E-state index in [-0.39, 0.29) is 12.5 Å². The average molecular weight is 365 g/mol. The molecule has 1 N–H and O–H groups in total. The summed E-state index contributed by atoms with van der Waals surface area (Å²) in [5, 5.41) is 2.94. The predicted octanol–water partition coefficient (Wildman–Crippen LogP) is 2.55. The van der Waals surface area contributed by atoms with E-state index in [4.69, 9.17) is 21.1 Å². The highest BCUT2D eigenvalue weighted by molar-refractivity contribution is 9.10. The van der Waals surface area contributed by atoms with Gasteiger partial charge in [0.15, 0.2) is 12.7 Å². The van der Waals surface area contributed by atoms with Crippen LogP contribution in [0.15, 0.2) is 22.7 Å². The number of rotatable bonds is 6. The molecule has 0 aliphatic heterocycles. The van der Waals surface area contributed by atoms with Crippen molar-refractivity contribution < 1.29 is 19.1 Å². The second-order valence-corrected chi connectivity index (χ2v) is 5.21. The molecule has 1 aromatic rings. The maximum atomic E-state index is 11.5. The summed E-state index contributed by atoms with van der Waals surface area (Å²) < 4.78 is 11.0. The summed E-state index contributed by atoms with van der Waals surface area (Å²) in [5.74, 6) is -0.609. The van der Waals surface area contributed by atoms with Gasteiger partial charge in [-0.25, -0.2) is 4.79 Å². The lowest BCUT2D eigenvalue weighted by Crippen LogP contribution is -2.36. The first-order valence-electron chi connectivity index (χ1n) is 5.99. The van der Waals surface area contributed by atoms with Gasteiger partial charge in [0.2, 0.25) is 0 Å². The lowest BCUT2D eigenvalue weighted by molar-refractivity contribution is -0.156. The Balaban J connectivity index is 2.45. The van der Waals surface area contributed by atoms with Crippen LogP contribution >= 0.6 is 27.5 Å². The van der Waals surface area contributed by atoms with Crippen LogP contribution in [0.5, 0.6) is 5.75 Å². The van der Waals surface area contributed by atoms with Crippen molar-refractivity contribution in [2.24, 2.45) is 0 Å². The van der Waals surface area contributed by atoms with Crippen molar-refractivity contribution in [1.82, 2.24) is 5.32 Å². The molecule has 20 heavy (non-hydrogen) atoms. The number of halogens is 2. The minimum Gasteiger partial charge on any atom is -0.480 e. The van der Waals surface area contributed by atoms with Crippen LogP contribution in [0.4, 0.5) is 0 Å². The van der Waals surface area contributed by atoms with Crippen molar-refractivity contribution in [1.29, 1.82) is 0 Å². The van der Waals surface area contributed by atoms with Gasteiger partial charge in [0.05, 0.1) is 5.02 Å². The topological polar surface area (TPSA) is 64.6 Å². The molecule has 0 fully saturated rings. The molecule has 7 heteroatoms. The highest BCUT2D eigenvalue weighted by Gasteiger charge is 2.17. The third kappa shape index (κ3) is 5.38. The molecule has 0 aliphatic carbocycles. The first kappa shape index (κ1) is 16.8. The number of amides is 1. The first-order valence-corrected chi connectivity index (χ1v) is 7.16. The SMILES string of the molecule is CCNC(=O)[C@H](C)OC(=O)COc1ccc(Br)cc1Cl. The third-order valence-corrected chi connectivity index (χ3v) is 3.06. The first-order chi connectivity index (χ1) is 9.43. The second-order valence-electron chi connectivity index (χ2n) is 3.89. The van der Waals surface area contributed by atoms with Crippen molar-refractivity contribution >= 4 is 39.4 Å². The zero-order chi connectivity index (χ0) is 15.1. The fourth-order valence-corrected chi connectivity index (χ4v) is 2.06. The smallest absolute Gasteiger partial charge is 0.344 e. The van der Waals surface area contributed by atoms with Crippen molar-refractivity contribution in [2.45, 2.75) is 20.0 Å². The summed E-state index contributed by atoms with van der Waals surface area (Å²) in [6.45, 7) is 3.44. The van der Waals surface area contributed by atoms with Gasteiger partial charge in [-0.1, -0.05) is 27.5 Å². The Hall–Kier alpha value is -1.27. The Morgan fingerprint density at radius 1 is 1.45 bits per heavy atom. The van der Waals surface area contributed by atoms with E-state index in [1.165, 1.54) is 6.92 Å². The van der Waals surface area contributed by atoms with Crippen LogP contribution < -0.4 is 10.1 Å². The van der Waals surface area contributed by atoms with Gasteiger partial charge in [0, 0.05) is 11.0 Å². The van der Waals surface area contributed by atoms with E-state index in [0.29, 0.717) is 17.3 Å². The Morgan fingerprint density at radius 2 is 2.15 bits per heavy atom. The van der Waals surface area contributed by atoms with Gasteiger partial charge in [-0.3, -0.25) is 4.79 Å². The van der Waals surface area contributed by atoms with Gasteiger partial charge in [0.1, 0.15) is 5.75 Å². The second kappa shape index (κ2) is 8.11. The maximum absolute atomic E-state index is 11.5. The maximum Gasteiger partial charge on any atom is 0.344 e. The van der Waals surface area contributed by atoms with Crippen LogP contribution in [0.1, 0.15) is 13.8 Å². The number of hydrogen-bond acceptors (Lipinski definition) is 4. The number of esters is 1. The van der Waals surface area contributed by atoms with Crippen molar-refractivity contribution in [3.63, 3.8) is 0 Å². The van der Waals surface area contributed by atoms with Crippen LogP contribution in [0.25, 0.3) is 0 Å². The molecule has 1 aromatic carbocycles. The lowest BCUT2D eigenvalue weighted by Gasteiger charge is -2.13. The number of likely N-dealkylation sites (N-methyl/N-ethyl adjacent to an activating group) is 1. The standard InChI is InChI=1S/C13H15BrClNO4/c1-3-16-13(18)8(2)20-12(17)7-19-11-5-4-9(14)6-10(11)15/h4-6,8H,3,7H2,1-2H3,(H,16,18)/t8-/m0/s1. The number of carbonyl (C=O) groups is 2. The molecule has 0 unspecified atom stereocenters. The van der Waals surface area contributed by atoms with E-state index < -0.39 is 12.1 Å². The Morgan fingerprint density at radius 3 is 2.75 bits per heavy atom. The summed E-state index contributed by atoms with van der Waals surface area (Å²) in [4.78, 5) is 22.9. The third-order valence-electron chi connectivity index (χ3n) is 2.27. The molecule has 0 saturated heterocycles. The average Bonchev–Trinajstić information content (AvgIpc) is 2.37. The lowest BCUT2D eigenvalue weighted by atomic mass is 10.3. The number of carbonyl (C=O) groups excluding carboxylic acids is 2. The number of benzene rings is 1. The van der Waals surface area contributed by atoms with Crippen LogP contribution in [0.3, 0.4) is 0 Å². The van der Waals surface area contributed by atoms with Crippen molar-refractivity contribution in [3.05, 3.63) is 27.7 Å². The van der Waals surface area contributed by atoms with E-state index in [1.54, 1.807) is 25.1 Å². The monoisotopic (exact) mass is 363 g/mol. The summed E-state index contributed by atoms with van der Waals surface area (Å²) >= 11 is 9.20. The van der Waals surface area contributed by atoms with Crippen molar-refractivity contribution in [3.8, 4) is 5.75 Å². The molecule has 0 radical (unpaired) electrons. The molecule has 0 saturated carbocycles. The Bertz CT molecular complexity index is 495. The molecule has 5 nitrogen and oxygen atoms in total. The summed E-state index contributed by atoms with van der Waals surface area (Å²) in [6, 6.07) is 5.02. The van der Waals surface area contributed by atoms with E-state index in [9.17, 15) is 9.59 Å².